The minimum atomic E-state index is -1.09. The molecule has 5 rings (SSSR count). The maximum absolute atomic E-state index is 13.2. The fourth-order valence-electron chi connectivity index (χ4n) is 4.68. The van der Waals surface area contributed by atoms with E-state index in [1.807, 2.05) is 23.7 Å². The van der Waals surface area contributed by atoms with Crippen LogP contribution in [0.5, 0.6) is 5.88 Å². The molecule has 0 amide bonds. The van der Waals surface area contributed by atoms with E-state index in [-0.39, 0.29) is 22.9 Å². The molecule has 0 bridgehead atoms. The van der Waals surface area contributed by atoms with Gasteiger partial charge in [-0.15, -0.1) is 0 Å². The number of carboxylic acid groups (broad SMARTS) is 1. The molecule has 0 unspecified atom stereocenters. The van der Waals surface area contributed by atoms with Gasteiger partial charge in [-0.05, 0) is 56.5 Å². The first-order valence-electron chi connectivity index (χ1n) is 12.0. The molecule has 11 heteroatoms. The lowest BCUT2D eigenvalue weighted by Gasteiger charge is -2.32. The van der Waals surface area contributed by atoms with Crippen LogP contribution < -0.4 is 4.74 Å². The number of piperidine rings is 1. The molecule has 0 radical (unpaired) electrons. The summed E-state index contributed by atoms with van der Waals surface area (Å²) in [6, 6.07) is 6.68. The van der Waals surface area contributed by atoms with Crippen LogP contribution >= 0.6 is 0 Å². The molecule has 1 aromatic carbocycles. The van der Waals surface area contributed by atoms with Gasteiger partial charge >= 0.3 is 5.97 Å². The van der Waals surface area contributed by atoms with E-state index < -0.39 is 5.97 Å². The highest BCUT2D eigenvalue weighted by molar-refractivity contribution is 5.94. The van der Waals surface area contributed by atoms with Gasteiger partial charge < -0.3 is 9.84 Å². The SMILES string of the molecule is CCn1cc(C(=O)O)c(-c2nc(OC)c3c(cnn3CC3CCN(Cc4ccc(F)cc4)CC3)n2)n1. The number of carboxylic acids is 1. The van der Waals surface area contributed by atoms with Crippen molar-refractivity contribution in [1.29, 1.82) is 0 Å². The van der Waals surface area contributed by atoms with Gasteiger partial charge in [0.2, 0.25) is 5.88 Å². The summed E-state index contributed by atoms with van der Waals surface area (Å²) in [5.74, 6) is -0.343. The number of ether oxygens (including phenoxy) is 1. The summed E-state index contributed by atoms with van der Waals surface area (Å²) in [6.07, 6.45) is 5.16. The third kappa shape index (κ3) is 4.78. The third-order valence-corrected chi connectivity index (χ3v) is 6.64. The predicted molar refractivity (Wildman–Crippen MR) is 130 cm³/mol. The fourth-order valence-corrected chi connectivity index (χ4v) is 4.68. The van der Waals surface area contributed by atoms with Crippen LogP contribution in [0.4, 0.5) is 4.39 Å². The molecule has 36 heavy (non-hydrogen) atoms. The summed E-state index contributed by atoms with van der Waals surface area (Å²) < 4.78 is 22.2. The molecular weight excluding hydrogens is 465 g/mol. The van der Waals surface area contributed by atoms with Crippen LogP contribution in [-0.4, -0.2) is 65.7 Å². The van der Waals surface area contributed by atoms with Gasteiger partial charge in [-0.3, -0.25) is 14.3 Å². The number of hydrogen-bond acceptors (Lipinski definition) is 7. The smallest absolute Gasteiger partial charge is 0.339 e. The molecule has 0 saturated carbocycles. The van der Waals surface area contributed by atoms with Crippen LogP contribution in [-0.2, 0) is 19.6 Å². The molecule has 1 aliphatic rings. The highest BCUT2D eigenvalue weighted by Crippen LogP contribution is 2.29. The van der Waals surface area contributed by atoms with E-state index in [2.05, 4.69) is 25.1 Å². The Labute approximate surface area is 207 Å². The molecule has 0 atom stereocenters. The average molecular weight is 494 g/mol. The predicted octanol–water partition coefficient (Wildman–Crippen LogP) is 3.47. The number of aryl methyl sites for hydroxylation is 1. The molecule has 0 spiro atoms. The molecule has 4 heterocycles. The Balaban J connectivity index is 1.33. The number of rotatable bonds is 8. The van der Waals surface area contributed by atoms with Gasteiger partial charge in [0.25, 0.3) is 0 Å². The van der Waals surface area contributed by atoms with Crippen molar-refractivity contribution in [3.63, 3.8) is 0 Å². The van der Waals surface area contributed by atoms with Gasteiger partial charge in [0.1, 0.15) is 28.1 Å². The molecule has 10 nitrogen and oxygen atoms in total. The van der Waals surface area contributed by atoms with Crippen LogP contribution in [0, 0.1) is 11.7 Å². The number of benzene rings is 1. The van der Waals surface area contributed by atoms with Crippen LogP contribution in [0.3, 0.4) is 0 Å². The Morgan fingerprint density at radius 1 is 1.19 bits per heavy atom. The number of aromatic nitrogens is 6. The minimum Gasteiger partial charge on any atom is -0.479 e. The van der Waals surface area contributed by atoms with Crippen LogP contribution in [0.15, 0.2) is 36.7 Å². The number of nitrogens with zero attached hydrogens (tertiary/aromatic N) is 7. The zero-order valence-electron chi connectivity index (χ0n) is 20.3. The first-order valence-corrected chi connectivity index (χ1v) is 12.0. The molecule has 1 fully saturated rings. The van der Waals surface area contributed by atoms with E-state index in [4.69, 9.17) is 4.74 Å². The maximum Gasteiger partial charge on any atom is 0.339 e. The zero-order valence-corrected chi connectivity index (χ0v) is 20.3. The van der Waals surface area contributed by atoms with Crippen molar-refractivity contribution >= 4 is 17.0 Å². The first-order chi connectivity index (χ1) is 17.4. The lowest BCUT2D eigenvalue weighted by atomic mass is 9.96. The molecule has 188 valence electrons. The first kappa shape index (κ1) is 23.9. The monoisotopic (exact) mass is 493 g/mol. The van der Waals surface area contributed by atoms with Crippen molar-refractivity contribution in [2.24, 2.45) is 5.92 Å². The molecule has 1 saturated heterocycles. The third-order valence-electron chi connectivity index (χ3n) is 6.64. The molecule has 1 aliphatic heterocycles. The topological polar surface area (TPSA) is 111 Å². The van der Waals surface area contributed by atoms with Gasteiger partial charge in [-0.2, -0.15) is 15.2 Å². The Bertz CT molecular complexity index is 1370. The number of carbonyl (C=O) groups is 1. The van der Waals surface area contributed by atoms with E-state index in [0.29, 0.717) is 35.9 Å². The Hall–Kier alpha value is -3.86. The lowest BCUT2D eigenvalue weighted by molar-refractivity contribution is 0.0697. The van der Waals surface area contributed by atoms with Crippen LogP contribution in [0.25, 0.3) is 22.6 Å². The average Bonchev–Trinajstić information content (AvgIpc) is 3.51. The van der Waals surface area contributed by atoms with E-state index >= 15 is 0 Å². The van der Waals surface area contributed by atoms with Crippen molar-refractivity contribution in [2.75, 3.05) is 20.2 Å². The highest BCUT2D eigenvalue weighted by Gasteiger charge is 2.25. The van der Waals surface area contributed by atoms with Crippen LogP contribution in [0.2, 0.25) is 0 Å². The van der Waals surface area contributed by atoms with Crippen molar-refractivity contribution < 1.29 is 19.0 Å². The lowest BCUT2D eigenvalue weighted by Crippen LogP contribution is -2.34. The van der Waals surface area contributed by atoms with Crippen molar-refractivity contribution in [1.82, 2.24) is 34.4 Å². The number of methoxy groups -OCH3 is 1. The molecule has 1 N–H and O–H groups in total. The normalized spacial score (nSPS) is 15.0. The number of fused-ring (bicyclic) bond motifs is 1. The quantitative estimate of drug-likeness (QED) is 0.397. The van der Waals surface area contributed by atoms with Gasteiger partial charge in [-0.25, -0.2) is 14.2 Å². The van der Waals surface area contributed by atoms with Crippen molar-refractivity contribution in [3.8, 4) is 17.4 Å². The molecular formula is C25H28FN7O3. The van der Waals surface area contributed by atoms with Gasteiger partial charge in [-0.1, -0.05) is 12.1 Å². The second-order valence-electron chi connectivity index (χ2n) is 9.02. The minimum absolute atomic E-state index is 0.0399. The standard InChI is InChI=1S/C25H28FN7O3/c1-3-32-15-19(25(34)35)21(30-32)23-28-20-12-27-33(22(20)24(29-23)36-2)14-17-8-10-31(11-9-17)13-16-4-6-18(26)7-5-16/h4-7,12,15,17H,3,8-11,13-14H2,1-2H3,(H,34,35). The zero-order chi connectivity index (χ0) is 25.2. The van der Waals surface area contributed by atoms with Gasteiger partial charge in [0.15, 0.2) is 5.82 Å². The molecule has 3 aromatic heterocycles. The number of aromatic carboxylic acids is 1. The van der Waals surface area contributed by atoms with E-state index in [1.54, 1.807) is 10.9 Å². The van der Waals surface area contributed by atoms with E-state index in [1.165, 1.54) is 25.4 Å². The van der Waals surface area contributed by atoms with E-state index in [0.717, 1.165) is 38.0 Å². The van der Waals surface area contributed by atoms with Gasteiger partial charge in [0, 0.05) is 25.8 Å². The molecule has 4 aromatic rings. The van der Waals surface area contributed by atoms with Crippen molar-refractivity contribution in [3.05, 3.63) is 53.6 Å². The maximum atomic E-state index is 13.2. The van der Waals surface area contributed by atoms with Gasteiger partial charge in [0.05, 0.1) is 13.3 Å². The summed E-state index contributed by atoms with van der Waals surface area (Å²) in [6.45, 7) is 5.84. The summed E-state index contributed by atoms with van der Waals surface area (Å²) in [7, 11) is 1.53. The Morgan fingerprint density at radius 2 is 1.94 bits per heavy atom. The Morgan fingerprint density at radius 3 is 2.61 bits per heavy atom. The number of halogens is 1. The highest BCUT2D eigenvalue weighted by atomic mass is 19.1. The number of likely N-dealkylation sites (tertiary alicyclic amines) is 1. The fraction of sp³-hybridized carbons (Fsp3) is 0.400. The summed E-state index contributed by atoms with van der Waals surface area (Å²) in [5, 5.41) is 18.5. The van der Waals surface area contributed by atoms with E-state index in [9.17, 15) is 14.3 Å². The Kier molecular flexibility index (Phi) is 6.64. The molecule has 0 aliphatic carbocycles. The second-order valence-corrected chi connectivity index (χ2v) is 9.02. The summed E-state index contributed by atoms with van der Waals surface area (Å²) in [5.41, 5.74) is 2.61. The summed E-state index contributed by atoms with van der Waals surface area (Å²) in [4.78, 5) is 23.2. The number of hydrogen-bond donors (Lipinski definition) is 1. The summed E-state index contributed by atoms with van der Waals surface area (Å²) >= 11 is 0. The van der Waals surface area contributed by atoms with Crippen LogP contribution in [0.1, 0.15) is 35.7 Å². The second kappa shape index (κ2) is 10.0. The largest absolute Gasteiger partial charge is 0.479 e. The van der Waals surface area contributed by atoms with Crippen molar-refractivity contribution in [2.45, 2.75) is 39.4 Å².